The van der Waals surface area contributed by atoms with Crippen molar-refractivity contribution in [3.8, 4) is 34.5 Å². The van der Waals surface area contributed by atoms with E-state index in [1.54, 1.807) is 32.3 Å². The number of aromatic amines is 1. The van der Waals surface area contributed by atoms with Crippen molar-refractivity contribution in [1.82, 2.24) is 25.1 Å². The van der Waals surface area contributed by atoms with Gasteiger partial charge in [0.15, 0.2) is 5.82 Å². The third-order valence-electron chi connectivity index (χ3n) is 4.57. The quantitative estimate of drug-likeness (QED) is 0.531. The maximum atomic E-state index is 11.2. The van der Waals surface area contributed by atoms with Crippen LogP contribution in [0.15, 0.2) is 30.6 Å². The van der Waals surface area contributed by atoms with Crippen LogP contribution < -0.4 is 9.47 Å². The second kappa shape index (κ2) is 9.11. The van der Waals surface area contributed by atoms with Gasteiger partial charge in [0, 0.05) is 29.6 Å². The highest BCUT2D eigenvalue weighted by molar-refractivity contribution is 5.73. The molecule has 0 unspecified atom stereocenters. The van der Waals surface area contributed by atoms with E-state index < -0.39 is 11.4 Å². The normalized spacial score (nSPS) is 11.5. The summed E-state index contributed by atoms with van der Waals surface area (Å²) in [6, 6.07) is 5.87. The number of carboxylic acids is 1. The van der Waals surface area contributed by atoms with E-state index in [4.69, 9.17) is 9.47 Å². The molecule has 3 aromatic heterocycles. The van der Waals surface area contributed by atoms with Crippen molar-refractivity contribution in [2.75, 3.05) is 13.2 Å². The van der Waals surface area contributed by atoms with Crippen LogP contribution >= 0.6 is 0 Å². The van der Waals surface area contributed by atoms with Gasteiger partial charge in [-0.1, -0.05) is 19.9 Å². The third kappa shape index (κ3) is 5.56. The molecule has 0 fully saturated rings. The van der Waals surface area contributed by atoms with Crippen LogP contribution in [0, 0.1) is 18.3 Å². The fourth-order valence-corrected chi connectivity index (χ4v) is 2.59. The van der Waals surface area contributed by atoms with Crippen LogP contribution in [0.2, 0.25) is 0 Å². The van der Waals surface area contributed by atoms with E-state index in [1.807, 2.05) is 19.1 Å². The summed E-state index contributed by atoms with van der Waals surface area (Å²) in [6.45, 7) is 9.85. The molecule has 0 saturated heterocycles. The van der Waals surface area contributed by atoms with Gasteiger partial charge >= 0.3 is 12.0 Å². The van der Waals surface area contributed by atoms with Crippen molar-refractivity contribution in [3.63, 3.8) is 0 Å². The summed E-state index contributed by atoms with van der Waals surface area (Å²) in [6.07, 6.45) is 3.44. The molecule has 9 nitrogen and oxygen atoms in total. The van der Waals surface area contributed by atoms with Crippen molar-refractivity contribution in [1.29, 1.82) is 0 Å². The Morgan fingerprint density at radius 1 is 1.19 bits per heavy atom. The minimum absolute atomic E-state index is 0.0322. The Morgan fingerprint density at radius 2 is 1.97 bits per heavy atom. The van der Waals surface area contributed by atoms with Crippen molar-refractivity contribution in [3.05, 3.63) is 36.2 Å². The number of rotatable bonds is 9. The summed E-state index contributed by atoms with van der Waals surface area (Å²) >= 11 is 0. The SMILES string of the molecule is Cc1cc(OCC(C)(C)C(=O)O)ncc1-c1ccc(-c2nc(OCC(C)C)n[nH]2)nc1. The first-order chi connectivity index (χ1) is 14.7. The monoisotopic (exact) mass is 425 g/mol. The lowest BCUT2D eigenvalue weighted by Gasteiger charge is -2.19. The molecule has 3 aromatic rings. The van der Waals surface area contributed by atoms with Crippen LogP contribution in [0.5, 0.6) is 11.9 Å². The van der Waals surface area contributed by atoms with E-state index in [9.17, 15) is 9.90 Å². The molecule has 0 radical (unpaired) electrons. The predicted molar refractivity (Wildman–Crippen MR) is 115 cm³/mol. The lowest BCUT2D eigenvalue weighted by molar-refractivity contribution is -0.148. The topological polar surface area (TPSA) is 123 Å². The molecule has 0 aromatic carbocycles. The average molecular weight is 425 g/mol. The molecule has 0 spiro atoms. The highest BCUT2D eigenvalue weighted by Crippen LogP contribution is 2.27. The standard InChI is InChI=1S/C22H27N5O4/c1-13(2)11-30-21-25-19(26-27-21)17-7-6-15(9-23-17)16-10-24-18(8-14(16)3)31-12-22(4,5)20(28)29/h6-10,13H,11-12H2,1-5H3,(H,28,29)(H,25,26,27). The minimum Gasteiger partial charge on any atom is -0.481 e. The van der Waals surface area contributed by atoms with Gasteiger partial charge in [-0.2, -0.15) is 4.98 Å². The molecule has 3 heterocycles. The van der Waals surface area contributed by atoms with Gasteiger partial charge in [-0.3, -0.25) is 14.9 Å². The summed E-state index contributed by atoms with van der Waals surface area (Å²) < 4.78 is 11.1. The molecular weight excluding hydrogens is 398 g/mol. The Morgan fingerprint density at radius 3 is 2.58 bits per heavy atom. The molecule has 3 rings (SSSR count). The number of nitrogens with one attached hydrogen (secondary N) is 1. The lowest BCUT2D eigenvalue weighted by Crippen LogP contribution is -2.30. The summed E-state index contributed by atoms with van der Waals surface area (Å²) in [5, 5.41) is 16.1. The number of hydrogen-bond acceptors (Lipinski definition) is 7. The molecule has 164 valence electrons. The number of aryl methyl sites for hydroxylation is 1. The third-order valence-corrected chi connectivity index (χ3v) is 4.57. The van der Waals surface area contributed by atoms with E-state index in [0.717, 1.165) is 16.7 Å². The van der Waals surface area contributed by atoms with Gasteiger partial charge in [0.1, 0.15) is 12.3 Å². The highest BCUT2D eigenvalue weighted by Gasteiger charge is 2.28. The van der Waals surface area contributed by atoms with Crippen LogP contribution in [0.25, 0.3) is 22.6 Å². The van der Waals surface area contributed by atoms with Crippen molar-refractivity contribution < 1.29 is 19.4 Å². The molecule has 2 N–H and O–H groups in total. The Bertz CT molecular complexity index is 1040. The number of carboxylic acid groups (broad SMARTS) is 1. The first-order valence-electron chi connectivity index (χ1n) is 10.0. The Labute approximate surface area is 180 Å². The van der Waals surface area contributed by atoms with Crippen molar-refractivity contribution in [2.45, 2.75) is 34.6 Å². The predicted octanol–water partition coefficient (Wildman–Crippen LogP) is 3.76. The summed E-state index contributed by atoms with van der Waals surface area (Å²) in [7, 11) is 0. The first kappa shape index (κ1) is 22.2. The zero-order chi connectivity index (χ0) is 22.6. The highest BCUT2D eigenvalue weighted by atomic mass is 16.5. The van der Waals surface area contributed by atoms with Gasteiger partial charge in [0.2, 0.25) is 5.88 Å². The fraction of sp³-hybridized carbons (Fsp3) is 0.409. The lowest BCUT2D eigenvalue weighted by atomic mass is 9.95. The van der Waals surface area contributed by atoms with Gasteiger partial charge < -0.3 is 14.6 Å². The minimum atomic E-state index is -0.992. The van der Waals surface area contributed by atoms with E-state index in [0.29, 0.717) is 35.9 Å². The zero-order valence-electron chi connectivity index (χ0n) is 18.3. The molecule has 0 aliphatic rings. The number of pyridine rings is 2. The summed E-state index contributed by atoms with van der Waals surface area (Å²) in [4.78, 5) is 24.3. The van der Waals surface area contributed by atoms with Crippen LogP contribution in [0.1, 0.15) is 33.3 Å². The van der Waals surface area contributed by atoms with Gasteiger partial charge in [0.05, 0.1) is 12.0 Å². The smallest absolute Gasteiger partial charge is 0.335 e. The number of nitrogens with zero attached hydrogens (tertiary/aromatic N) is 4. The molecule has 0 aliphatic carbocycles. The van der Waals surface area contributed by atoms with E-state index in [1.165, 1.54) is 0 Å². The zero-order valence-corrected chi connectivity index (χ0v) is 18.3. The van der Waals surface area contributed by atoms with E-state index >= 15 is 0 Å². The second-order valence-electron chi connectivity index (χ2n) is 8.42. The largest absolute Gasteiger partial charge is 0.481 e. The van der Waals surface area contributed by atoms with Crippen LogP contribution in [-0.2, 0) is 4.79 Å². The van der Waals surface area contributed by atoms with Gasteiger partial charge in [0.25, 0.3) is 0 Å². The molecule has 0 aliphatic heterocycles. The van der Waals surface area contributed by atoms with Gasteiger partial charge in [-0.15, -0.1) is 5.10 Å². The maximum Gasteiger partial charge on any atom is 0.335 e. The Balaban J connectivity index is 1.70. The molecular formula is C22H27N5O4. The maximum absolute atomic E-state index is 11.2. The average Bonchev–Trinajstić information content (AvgIpc) is 3.20. The number of aliphatic carboxylic acids is 1. The molecule has 0 amide bonds. The van der Waals surface area contributed by atoms with Gasteiger partial charge in [-0.25, -0.2) is 4.98 Å². The van der Waals surface area contributed by atoms with E-state index in [-0.39, 0.29) is 6.61 Å². The van der Waals surface area contributed by atoms with Crippen molar-refractivity contribution >= 4 is 5.97 Å². The summed E-state index contributed by atoms with van der Waals surface area (Å²) in [5.74, 6) is 0.384. The number of aromatic nitrogens is 5. The molecule has 0 atom stereocenters. The number of H-pyrrole nitrogens is 1. The number of carbonyl (C=O) groups is 1. The molecule has 9 heteroatoms. The van der Waals surface area contributed by atoms with Crippen LogP contribution in [-0.4, -0.2) is 49.4 Å². The van der Waals surface area contributed by atoms with E-state index in [2.05, 4.69) is 39.0 Å². The first-order valence-corrected chi connectivity index (χ1v) is 10.0. The fourth-order valence-electron chi connectivity index (χ4n) is 2.59. The summed E-state index contributed by atoms with van der Waals surface area (Å²) in [5.41, 5.74) is 2.40. The Hall–Kier alpha value is -3.49. The van der Waals surface area contributed by atoms with Gasteiger partial charge in [-0.05, 0) is 38.3 Å². The number of ether oxygens (including phenoxy) is 2. The molecule has 0 saturated carbocycles. The van der Waals surface area contributed by atoms with Crippen LogP contribution in [0.3, 0.4) is 0 Å². The Kier molecular flexibility index (Phi) is 6.53. The molecule has 31 heavy (non-hydrogen) atoms. The molecule has 0 bridgehead atoms. The second-order valence-corrected chi connectivity index (χ2v) is 8.42. The number of hydrogen-bond donors (Lipinski definition) is 2. The van der Waals surface area contributed by atoms with Crippen LogP contribution in [0.4, 0.5) is 0 Å². The van der Waals surface area contributed by atoms with Crippen molar-refractivity contribution in [2.24, 2.45) is 11.3 Å².